The van der Waals surface area contributed by atoms with E-state index in [1.165, 1.54) is 36.7 Å². The van der Waals surface area contributed by atoms with Crippen LogP contribution in [0.5, 0.6) is 0 Å². The summed E-state index contributed by atoms with van der Waals surface area (Å²) in [5.74, 6) is 0.403. The van der Waals surface area contributed by atoms with Gasteiger partial charge in [0.2, 0.25) is 5.91 Å². The summed E-state index contributed by atoms with van der Waals surface area (Å²) in [6.45, 7) is 0.944. The molecule has 0 aliphatic heterocycles. The van der Waals surface area contributed by atoms with Gasteiger partial charge in [0, 0.05) is 18.4 Å². The minimum absolute atomic E-state index is 0.103. The number of pyridine rings is 1. The number of halogens is 1. The van der Waals surface area contributed by atoms with Crippen molar-refractivity contribution in [2.45, 2.75) is 38.6 Å². The quantitative estimate of drug-likeness (QED) is 0.816. The Morgan fingerprint density at radius 2 is 2.17 bits per heavy atom. The number of nitrogens with one attached hydrogen (secondary N) is 2. The van der Waals surface area contributed by atoms with Gasteiger partial charge in [0.1, 0.15) is 5.82 Å². The first-order valence-electron chi connectivity index (χ1n) is 8.27. The lowest BCUT2D eigenvalue weighted by Crippen LogP contribution is -2.30. The van der Waals surface area contributed by atoms with Crippen LogP contribution in [0.2, 0.25) is 5.02 Å². The number of fused-ring (bicyclic) bond motifs is 1. The van der Waals surface area contributed by atoms with Gasteiger partial charge in [-0.25, -0.2) is 4.98 Å². The van der Waals surface area contributed by atoms with Gasteiger partial charge in [-0.2, -0.15) is 5.10 Å². The Kier molecular flexibility index (Phi) is 5.48. The number of aromatic amines is 1. The van der Waals surface area contributed by atoms with Gasteiger partial charge in [-0.3, -0.25) is 14.8 Å². The number of H-pyrrole nitrogens is 1. The van der Waals surface area contributed by atoms with Crippen molar-refractivity contribution >= 4 is 23.3 Å². The summed E-state index contributed by atoms with van der Waals surface area (Å²) >= 11 is 5.79. The second kappa shape index (κ2) is 7.77. The molecule has 1 aliphatic rings. The van der Waals surface area contributed by atoms with E-state index in [4.69, 9.17) is 11.6 Å². The second-order valence-corrected chi connectivity index (χ2v) is 6.71. The predicted molar refractivity (Wildman–Crippen MR) is 94.1 cm³/mol. The molecule has 0 saturated carbocycles. The third-order valence-electron chi connectivity index (χ3n) is 4.22. The Morgan fingerprint density at radius 1 is 1.33 bits per heavy atom. The molecule has 2 N–H and O–H groups in total. The van der Waals surface area contributed by atoms with Crippen LogP contribution < -0.4 is 5.32 Å². The van der Waals surface area contributed by atoms with Crippen LogP contribution in [0, 0.1) is 0 Å². The molecule has 1 amide bonds. The number of hydrogen-bond acceptors (Lipinski definition) is 4. The van der Waals surface area contributed by atoms with Crippen molar-refractivity contribution < 1.29 is 4.79 Å². The van der Waals surface area contributed by atoms with Crippen LogP contribution in [0.25, 0.3) is 0 Å². The van der Waals surface area contributed by atoms with Crippen LogP contribution in [0.4, 0.5) is 5.82 Å². The lowest BCUT2D eigenvalue weighted by atomic mass is 10.1. The number of aryl methyl sites for hydroxylation is 1. The van der Waals surface area contributed by atoms with Crippen molar-refractivity contribution in [2.24, 2.45) is 0 Å². The van der Waals surface area contributed by atoms with E-state index in [0.717, 1.165) is 18.5 Å². The average molecular weight is 348 g/mol. The van der Waals surface area contributed by atoms with Crippen molar-refractivity contribution in [1.29, 1.82) is 0 Å². The summed E-state index contributed by atoms with van der Waals surface area (Å²) in [4.78, 5) is 18.2. The molecule has 0 radical (unpaired) electrons. The Labute approximate surface area is 146 Å². The molecule has 1 aliphatic carbocycles. The number of aromatic nitrogens is 3. The fraction of sp³-hybridized carbons (Fsp3) is 0.471. The first kappa shape index (κ1) is 16.9. The zero-order chi connectivity index (χ0) is 16.9. The van der Waals surface area contributed by atoms with Gasteiger partial charge in [0.05, 0.1) is 17.3 Å². The Hall–Kier alpha value is -1.92. The second-order valence-electron chi connectivity index (χ2n) is 6.27. The molecule has 3 rings (SSSR count). The first-order chi connectivity index (χ1) is 11.6. The van der Waals surface area contributed by atoms with E-state index in [0.29, 0.717) is 17.4 Å². The Morgan fingerprint density at radius 3 is 2.96 bits per heavy atom. The highest BCUT2D eigenvalue weighted by Gasteiger charge is 2.17. The minimum atomic E-state index is -0.103. The van der Waals surface area contributed by atoms with Crippen LogP contribution in [0.3, 0.4) is 0 Å². The monoisotopic (exact) mass is 347 g/mol. The van der Waals surface area contributed by atoms with Gasteiger partial charge >= 0.3 is 0 Å². The molecule has 128 valence electrons. The third kappa shape index (κ3) is 4.33. The summed E-state index contributed by atoms with van der Waals surface area (Å²) in [6, 6.07) is 3.39. The summed E-state index contributed by atoms with van der Waals surface area (Å²) in [5.41, 5.74) is 3.68. The molecule has 0 spiro atoms. The summed E-state index contributed by atoms with van der Waals surface area (Å²) < 4.78 is 0. The fourth-order valence-electron chi connectivity index (χ4n) is 3.05. The van der Waals surface area contributed by atoms with Crippen molar-refractivity contribution in [3.63, 3.8) is 0 Å². The molecular weight excluding hydrogens is 326 g/mol. The molecule has 0 bridgehead atoms. The van der Waals surface area contributed by atoms with E-state index in [-0.39, 0.29) is 12.5 Å². The summed E-state index contributed by atoms with van der Waals surface area (Å²) in [5, 5.41) is 10.9. The Bertz CT molecular complexity index is 698. The number of hydrogen-bond donors (Lipinski definition) is 2. The molecule has 0 fully saturated rings. The van der Waals surface area contributed by atoms with Crippen LogP contribution in [0.1, 0.15) is 36.2 Å². The van der Waals surface area contributed by atoms with Crippen molar-refractivity contribution in [1.82, 2.24) is 20.1 Å². The average Bonchev–Trinajstić information content (AvgIpc) is 2.78. The molecule has 0 atom stereocenters. The first-order valence-corrected chi connectivity index (χ1v) is 8.64. The maximum Gasteiger partial charge on any atom is 0.239 e. The number of amides is 1. The van der Waals surface area contributed by atoms with Crippen LogP contribution >= 0.6 is 11.6 Å². The zero-order valence-corrected chi connectivity index (χ0v) is 14.6. The molecule has 2 heterocycles. The SMILES string of the molecule is CN(CC(=O)Nc1ccc(Cl)cn1)Cc1n[nH]c2c1CCCCC2. The van der Waals surface area contributed by atoms with Crippen molar-refractivity contribution in [3.8, 4) is 0 Å². The maximum atomic E-state index is 12.1. The van der Waals surface area contributed by atoms with E-state index in [1.807, 2.05) is 11.9 Å². The number of rotatable bonds is 5. The van der Waals surface area contributed by atoms with Crippen LogP contribution in [-0.2, 0) is 24.2 Å². The smallest absolute Gasteiger partial charge is 0.239 e. The van der Waals surface area contributed by atoms with E-state index in [1.54, 1.807) is 12.1 Å². The van der Waals surface area contributed by atoms with Gasteiger partial charge in [0.15, 0.2) is 0 Å². The minimum Gasteiger partial charge on any atom is -0.310 e. The van der Waals surface area contributed by atoms with Crippen LogP contribution in [0.15, 0.2) is 18.3 Å². The van der Waals surface area contributed by atoms with Gasteiger partial charge in [0.25, 0.3) is 0 Å². The van der Waals surface area contributed by atoms with Crippen molar-refractivity contribution in [2.75, 3.05) is 18.9 Å². The number of likely N-dealkylation sites (N-methyl/N-ethyl adjacent to an activating group) is 1. The number of anilines is 1. The fourth-order valence-corrected chi connectivity index (χ4v) is 3.16. The summed E-state index contributed by atoms with van der Waals surface area (Å²) in [6.07, 6.45) is 7.38. The zero-order valence-electron chi connectivity index (χ0n) is 13.8. The van der Waals surface area contributed by atoms with Gasteiger partial charge in [-0.05, 0) is 50.4 Å². The normalized spacial score (nSPS) is 14.3. The topological polar surface area (TPSA) is 73.9 Å². The molecular formula is C17H22ClN5O. The molecule has 24 heavy (non-hydrogen) atoms. The molecule has 6 nitrogen and oxygen atoms in total. The highest BCUT2D eigenvalue weighted by atomic mass is 35.5. The van der Waals surface area contributed by atoms with Gasteiger partial charge in [-0.1, -0.05) is 18.0 Å². The number of carbonyl (C=O) groups is 1. The highest BCUT2D eigenvalue weighted by molar-refractivity contribution is 6.30. The lowest BCUT2D eigenvalue weighted by molar-refractivity contribution is -0.117. The lowest BCUT2D eigenvalue weighted by Gasteiger charge is -2.15. The highest BCUT2D eigenvalue weighted by Crippen LogP contribution is 2.22. The molecule has 2 aromatic heterocycles. The van der Waals surface area contributed by atoms with Gasteiger partial charge < -0.3 is 5.32 Å². The number of nitrogens with zero attached hydrogens (tertiary/aromatic N) is 3. The largest absolute Gasteiger partial charge is 0.310 e. The molecule has 0 unspecified atom stereocenters. The van der Waals surface area contributed by atoms with E-state index >= 15 is 0 Å². The predicted octanol–water partition coefficient (Wildman–Crippen LogP) is 2.80. The molecule has 0 saturated heterocycles. The maximum absolute atomic E-state index is 12.1. The molecule has 7 heteroatoms. The molecule has 0 aromatic carbocycles. The third-order valence-corrected chi connectivity index (χ3v) is 4.44. The Balaban J connectivity index is 1.55. The number of carbonyl (C=O) groups excluding carboxylic acids is 1. The van der Waals surface area contributed by atoms with E-state index < -0.39 is 0 Å². The van der Waals surface area contributed by atoms with Crippen LogP contribution in [-0.4, -0.2) is 39.6 Å². The van der Waals surface area contributed by atoms with Crippen molar-refractivity contribution in [3.05, 3.63) is 40.3 Å². The molecule has 2 aromatic rings. The van der Waals surface area contributed by atoms with E-state index in [9.17, 15) is 4.79 Å². The van der Waals surface area contributed by atoms with E-state index in [2.05, 4.69) is 20.5 Å². The van der Waals surface area contributed by atoms with Gasteiger partial charge in [-0.15, -0.1) is 0 Å². The summed E-state index contributed by atoms with van der Waals surface area (Å²) in [7, 11) is 1.92. The standard InChI is InChI=1S/C17H22ClN5O/c1-23(11-17(24)20-16-8-7-12(18)9-19-16)10-15-13-5-3-2-4-6-14(13)21-22-15/h7-9H,2-6,10-11H2,1H3,(H,21,22)(H,19,20,24).